The number of esters is 1. The Hall–Kier alpha value is -3.20. The van der Waals surface area contributed by atoms with E-state index in [1.165, 1.54) is 23.1 Å². The van der Waals surface area contributed by atoms with Crippen molar-refractivity contribution in [2.75, 3.05) is 6.54 Å². The highest BCUT2D eigenvalue weighted by molar-refractivity contribution is 7.91. The number of hydrogen-bond acceptors (Lipinski definition) is 7. The van der Waals surface area contributed by atoms with Crippen molar-refractivity contribution in [2.45, 2.75) is 29.4 Å². The van der Waals surface area contributed by atoms with Crippen LogP contribution in [0.1, 0.15) is 17.5 Å². The van der Waals surface area contributed by atoms with Gasteiger partial charge in [0.15, 0.2) is 0 Å². The minimum Gasteiger partial charge on any atom is -0.420 e. The van der Waals surface area contributed by atoms with Crippen molar-refractivity contribution in [3.05, 3.63) is 58.6 Å². The fraction of sp³-hybridized carbons (Fsp3) is 0.227. The molecular formula is C22H18ClF3N4O5S2. The van der Waals surface area contributed by atoms with Crippen LogP contribution in [-0.2, 0) is 26.2 Å². The van der Waals surface area contributed by atoms with E-state index in [4.69, 9.17) is 22.7 Å². The molecule has 3 aromatic rings. The molecule has 1 aliphatic heterocycles. The van der Waals surface area contributed by atoms with Gasteiger partial charge < -0.3 is 15.4 Å². The van der Waals surface area contributed by atoms with Crippen LogP contribution < -0.4 is 15.2 Å². The Labute approximate surface area is 217 Å². The quantitative estimate of drug-likeness (QED) is 0.171. The fourth-order valence-corrected chi connectivity index (χ4v) is 6.66. The average Bonchev–Trinajstić information content (AvgIpc) is 3.40. The summed E-state index contributed by atoms with van der Waals surface area (Å²) in [5.41, 5.74) is 5.57. The number of carbonyl (C=O) groups excluding carboxylic acids is 2. The highest BCUT2D eigenvalue weighted by Gasteiger charge is 2.42. The normalized spacial score (nSPS) is 16.4. The van der Waals surface area contributed by atoms with Gasteiger partial charge in [-0.05, 0) is 42.8 Å². The number of hydrogen-bond donors (Lipinski definition) is 3. The van der Waals surface area contributed by atoms with E-state index in [0.717, 1.165) is 17.4 Å². The zero-order chi connectivity index (χ0) is 27.1. The van der Waals surface area contributed by atoms with E-state index < -0.39 is 45.7 Å². The summed E-state index contributed by atoms with van der Waals surface area (Å²) in [4.78, 5) is 25.5. The molecule has 1 aliphatic rings. The molecule has 0 radical (unpaired) electrons. The lowest BCUT2D eigenvalue weighted by atomic mass is 10.1. The number of nitrogen functional groups attached to an aromatic ring is 1. The van der Waals surface area contributed by atoms with E-state index in [9.17, 15) is 31.2 Å². The van der Waals surface area contributed by atoms with Gasteiger partial charge in [0.1, 0.15) is 21.8 Å². The Morgan fingerprint density at radius 2 is 2.00 bits per heavy atom. The molecule has 15 heteroatoms. The Kier molecular flexibility index (Phi) is 7.21. The molecule has 196 valence electrons. The van der Waals surface area contributed by atoms with E-state index >= 15 is 0 Å². The van der Waals surface area contributed by atoms with Crippen LogP contribution in [0.4, 0.5) is 13.2 Å². The van der Waals surface area contributed by atoms with Crippen LogP contribution in [0.5, 0.6) is 5.75 Å². The lowest BCUT2D eigenvalue weighted by Gasteiger charge is -2.20. The lowest BCUT2D eigenvalue weighted by molar-refractivity contribution is -0.189. The molecular weight excluding hydrogens is 557 g/mol. The summed E-state index contributed by atoms with van der Waals surface area (Å²) >= 11 is 7.11. The maximum absolute atomic E-state index is 13.0. The summed E-state index contributed by atoms with van der Waals surface area (Å²) in [6, 6.07) is 8.79. The van der Waals surface area contributed by atoms with Gasteiger partial charge >= 0.3 is 12.1 Å². The number of sulfonamides is 1. The smallest absolute Gasteiger partial charge is 0.420 e. The molecule has 0 aliphatic carbocycles. The second kappa shape index (κ2) is 9.93. The molecule has 0 saturated carbocycles. The molecule has 9 nitrogen and oxygen atoms in total. The zero-order valence-electron chi connectivity index (χ0n) is 18.6. The molecule has 0 spiro atoms. The van der Waals surface area contributed by atoms with Crippen molar-refractivity contribution in [3.8, 4) is 5.75 Å². The molecule has 0 bridgehead atoms. The van der Waals surface area contributed by atoms with E-state index in [-0.39, 0.29) is 34.8 Å². The number of likely N-dealkylation sites (tertiary alicyclic amines) is 1. The third-order valence-corrected chi connectivity index (χ3v) is 8.89. The van der Waals surface area contributed by atoms with E-state index in [2.05, 4.69) is 9.46 Å². The number of amides is 1. The fourth-order valence-electron chi connectivity index (χ4n) is 3.72. The maximum Gasteiger partial charge on any atom is 0.491 e. The number of fused-ring (bicyclic) bond motifs is 1. The monoisotopic (exact) mass is 574 g/mol. The molecule has 4 rings (SSSR count). The van der Waals surface area contributed by atoms with Crippen molar-refractivity contribution >= 4 is 60.8 Å². The predicted octanol–water partition coefficient (Wildman–Crippen LogP) is 3.39. The summed E-state index contributed by atoms with van der Waals surface area (Å²) in [6.07, 6.45) is -5.16. The number of thiophene rings is 1. The zero-order valence-corrected chi connectivity index (χ0v) is 21.0. The van der Waals surface area contributed by atoms with Crippen LogP contribution >= 0.6 is 22.9 Å². The number of carbonyl (C=O) groups is 2. The van der Waals surface area contributed by atoms with Crippen LogP contribution in [0.2, 0.25) is 5.02 Å². The van der Waals surface area contributed by atoms with E-state index in [1.54, 1.807) is 18.2 Å². The number of halogens is 4. The molecule has 2 heterocycles. The largest absolute Gasteiger partial charge is 0.491 e. The number of rotatable bonds is 7. The Bertz CT molecular complexity index is 1520. The topological polar surface area (TPSA) is 143 Å². The van der Waals surface area contributed by atoms with Crippen molar-refractivity contribution in [1.82, 2.24) is 9.62 Å². The van der Waals surface area contributed by atoms with Gasteiger partial charge in [0, 0.05) is 39.3 Å². The van der Waals surface area contributed by atoms with Gasteiger partial charge in [0.05, 0.1) is 0 Å². The first-order valence-corrected chi connectivity index (χ1v) is 13.2. The molecule has 4 N–H and O–H groups in total. The Balaban J connectivity index is 1.53. The Morgan fingerprint density at radius 3 is 2.65 bits per heavy atom. The highest BCUT2D eigenvalue weighted by atomic mass is 35.5. The van der Waals surface area contributed by atoms with Gasteiger partial charge in [-0.3, -0.25) is 10.2 Å². The lowest BCUT2D eigenvalue weighted by Crippen LogP contribution is -2.41. The van der Waals surface area contributed by atoms with Gasteiger partial charge in [-0.1, -0.05) is 17.7 Å². The molecule has 0 unspecified atom stereocenters. The first-order valence-electron chi connectivity index (χ1n) is 10.5. The molecule has 37 heavy (non-hydrogen) atoms. The van der Waals surface area contributed by atoms with Crippen LogP contribution in [0.3, 0.4) is 0 Å². The van der Waals surface area contributed by atoms with Crippen LogP contribution in [0, 0.1) is 5.41 Å². The summed E-state index contributed by atoms with van der Waals surface area (Å²) in [5.74, 6) is -3.93. The predicted molar refractivity (Wildman–Crippen MR) is 130 cm³/mol. The molecule has 1 aromatic heterocycles. The van der Waals surface area contributed by atoms with Crippen molar-refractivity contribution in [2.24, 2.45) is 5.73 Å². The summed E-state index contributed by atoms with van der Waals surface area (Å²) < 4.78 is 71.5. The SMILES string of the molecule is N=C(N)c1ccc(OC(=O)C(F)(F)F)c(CN2CC[C@H](NS(=O)(=O)c3cc4c(Cl)cccc4s3)C2=O)c1. The third-order valence-electron chi connectivity index (χ3n) is 5.51. The minimum atomic E-state index is -5.25. The standard InChI is InChI=1S/C22H18ClF3N4O5S2/c23-14-2-1-3-17-13(14)9-18(36-17)37(33,34)29-15-6-7-30(20(15)31)10-12-8-11(19(27)28)4-5-16(12)35-21(32)22(24,25)26/h1-5,8-9,15,29H,6-7,10H2,(H3,27,28)/t15-/m0/s1. The van der Waals surface area contributed by atoms with Gasteiger partial charge in [-0.2, -0.15) is 17.9 Å². The van der Waals surface area contributed by atoms with Crippen LogP contribution in [0.25, 0.3) is 10.1 Å². The molecule has 1 saturated heterocycles. The summed E-state index contributed by atoms with van der Waals surface area (Å²) in [7, 11) is -4.09. The third kappa shape index (κ3) is 5.71. The average molecular weight is 575 g/mol. The summed E-state index contributed by atoms with van der Waals surface area (Å²) in [6.45, 7) is -0.238. The number of nitrogens with zero attached hydrogens (tertiary/aromatic N) is 1. The second-order valence-corrected chi connectivity index (χ2v) is 11.5. The van der Waals surface area contributed by atoms with E-state index in [1.807, 2.05) is 0 Å². The molecule has 1 amide bonds. The van der Waals surface area contributed by atoms with Gasteiger partial charge in [0.25, 0.3) is 10.0 Å². The van der Waals surface area contributed by atoms with Gasteiger partial charge in [0.2, 0.25) is 5.91 Å². The number of amidine groups is 1. The highest BCUT2D eigenvalue weighted by Crippen LogP contribution is 2.34. The number of alkyl halides is 3. The maximum atomic E-state index is 13.0. The Morgan fingerprint density at radius 1 is 1.27 bits per heavy atom. The molecule has 1 fully saturated rings. The second-order valence-electron chi connectivity index (χ2n) is 8.06. The van der Waals surface area contributed by atoms with Crippen molar-refractivity contribution < 1.29 is 35.9 Å². The molecule has 1 atom stereocenters. The van der Waals surface area contributed by atoms with Crippen molar-refractivity contribution in [3.63, 3.8) is 0 Å². The first kappa shape index (κ1) is 26.9. The van der Waals surface area contributed by atoms with Crippen LogP contribution in [-0.4, -0.2) is 49.8 Å². The van der Waals surface area contributed by atoms with Gasteiger partial charge in [-0.15, -0.1) is 11.3 Å². The number of benzene rings is 2. The molecule has 2 aromatic carbocycles. The van der Waals surface area contributed by atoms with Crippen molar-refractivity contribution in [1.29, 1.82) is 5.41 Å². The number of ether oxygens (including phenoxy) is 1. The number of nitrogens with one attached hydrogen (secondary N) is 2. The summed E-state index contributed by atoms with van der Waals surface area (Å²) in [5, 5.41) is 8.50. The first-order chi connectivity index (χ1) is 17.3. The van der Waals surface area contributed by atoms with Crippen LogP contribution in [0.15, 0.2) is 46.7 Å². The van der Waals surface area contributed by atoms with Gasteiger partial charge in [-0.25, -0.2) is 13.2 Å². The minimum absolute atomic E-state index is 0.0127. The van der Waals surface area contributed by atoms with E-state index in [0.29, 0.717) is 15.1 Å². The number of nitrogens with two attached hydrogens (primary N) is 1.